The minimum absolute atomic E-state index is 0.244. The summed E-state index contributed by atoms with van der Waals surface area (Å²) in [7, 11) is 0. The summed E-state index contributed by atoms with van der Waals surface area (Å²) in [6.07, 6.45) is 6.57. The number of hydrogen-bond donors (Lipinski definition) is 1. The molecule has 3 heterocycles. The lowest BCUT2D eigenvalue weighted by molar-refractivity contribution is 0.0945. The quantitative estimate of drug-likeness (QED) is 0.609. The highest BCUT2D eigenvalue weighted by Gasteiger charge is 2.10. The number of hydrogen-bond acceptors (Lipinski definition) is 6. The minimum atomic E-state index is -0.311. The lowest BCUT2D eigenvalue weighted by Crippen LogP contribution is -2.24. The number of nitrogens with zero attached hydrogens (tertiary/aromatic N) is 6. The van der Waals surface area contributed by atoms with Crippen LogP contribution in [0, 0.1) is 0 Å². The topological polar surface area (TPSA) is 98.5 Å². The van der Waals surface area contributed by atoms with E-state index in [1.807, 2.05) is 36.4 Å². The van der Waals surface area contributed by atoms with Gasteiger partial charge in [0.05, 0.1) is 41.9 Å². The van der Waals surface area contributed by atoms with E-state index in [0.717, 1.165) is 11.2 Å². The van der Waals surface area contributed by atoms with E-state index in [1.165, 1.54) is 6.20 Å². The van der Waals surface area contributed by atoms with Gasteiger partial charge in [0.15, 0.2) is 0 Å². The molecule has 1 amide bonds. The number of para-hydroxylation sites is 2. The molecule has 0 spiro atoms. The zero-order valence-corrected chi connectivity index (χ0v) is 13.1. The Morgan fingerprint density at radius 1 is 1.08 bits per heavy atom. The van der Waals surface area contributed by atoms with E-state index in [0.29, 0.717) is 11.2 Å². The van der Waals surface area contributed by atoms with Crippen molar-refractivity contribution in [3.05, 3.63) is 72.6 Å². The summed E-state index contributed by atoms with van der Waals surface area (Å²) in [5.41, 5.74) is 3.12. The van der Waals surface area contributed by atoms with Crippen LogP contribution < -0.4 is 5.32 Å². The van der Waals surface area contributed by atoms with E-state index in [4.69, 9.17) is 0 Å². The summed E-state index contributed by atoms with van der Waals surface area (Å²) in [6.45, 7) is 0.244. The van der Waals surface area contributed by atoms with Gasteiger partial charge in [0.2, 0.25) is 0 Å². The maximum atomic E-state index is 12.3. The Labute approximate surface area is 142 Å². The molecule has 8 heteroatoms. The van der Waals surface area contributed by atoms with Crippen LogP contribution >= 0.6 is 0 Å². The van der Waals surface area contributed by atoms with Crippen molar-refractivity contribution in [3.8, 4) is 5.69 Å². The molecule has 0 fully saturated rings. The second kappa shape index (κ2) is 6.44. The van der Waals surface area contributed by atoms with Gasteiger partial charge < -0.3 is 5.32 Å². The van der Waals surface area contributed by atoms with Gasteiger partial charge in [-0.05, 0) is 24.3 Å². The van der Waals surface area contributed by atoms with Crippen molar-refractivity contribution in [3.63, 3.8) is 0 Å². The van der Waals surface area contributed by atoms with Gasteiger partial charge in [0, 0.05) is 6.20 Å². The summed E-state index contributed by atoms with van der Waals surface area (Å²) < 4.78 is 1.60. The maximum absolute atomic E-state index is 12.3. The van der Waals surface area contributed by atoms with E-state index >= 15 is 0 Å². The number of aromatic nitrogens is 6. The second-order valence-electron chi connectivity index (χ2n) is 5.29. The van der Waals surface area contributed by atoms with E-state index < -0.39 is 0 Å². The maximum Gasteiger partial charge on any atom is 0.271 e. The normalized spacial score (nSPS) is 10.7. The molecule has 122 valence electrons. The Morgan fingerprint density at radius 3 is 2.80 bits per heavy atom. The SMILES string of the molecule is O=C(NCc1cn(-c2cccnc2)nn1)c1cnc2ccccc2n1. The molecule has 8 nitrogen and oxygen atoms in total. The molecule has 0 bridgehead atoms. The smallest absolute Gasteiger partial charge is 0.271 e. The molecule has 0 saturated heterocycles. The molecule has 0 radical (unpaired) electrons. The first kappa shape index (κ1) is 14.9. The van der Waals surface area contributed by atoms with Gasteiger partial charge >= 0.3 is 0 Å². The highest BCUT2D eigenvalue weighted by atomic mass is 16.1. The van der Waals surface area contributed by atoms with Crippen molar-refractivity contribution in [1.29, 1.82) is 0 Å². The van der Waals surface area contributed by atoms with Crippen molar-refractivity contribution in [2.45, 2.75) is 6.54 Å². The summed E-state index contributed by atoms with van der Waals surface area (Å²) >= 11 is 0. The van der Waals surface area contributed by atoms with Gasteiger partial charge in [-0.2, -0.15) is 0 Å². The lowest BCUT2D eigenvalue weighted by Gasteiger charge is -2.03. The first-order chi connectivity index (χ1) is 12.3. The van der Waals surface area contributed by atoms with Crippen LogP contribution in [0.15, 0.2) is 61.2 Å². The largest absolute Gasteiger partial charge is 0.345 e. The average Bonchev–Trinajstić information content (AvgIpc) is 3.15. The molecule has 3 aromatic heterocycles. The molecule has 0 atom stereocenters. The molecule has 0 saturated carbocycles. The lowest BCUT2D eigenvalue weighted by atomic mass is 10.3. The summed E-state index contributed by atoms with van der Waals surface area (Å²) in [5, 5.41) is 10.8. The molecule has 4 rings (SSSR count). The first-order valence-electron chi connectivity index (χ1n) is 7.61. The Bertz CT molecular complexity index is 1030. The minimum Gasteiger partial charge on any atom is -0.345 e. The van der Waals surface area contributed by atoms with E-state index in [9.17, 15) is 4.79 Å². The van der Waals surface area contributed by atoms with Crippen molar-refractivity contribution in [2.24, 2.45) is 0 Å². The van der Waals surface area contributed by atoms with Crippen LogP contribution in [0.3, 0.4) is 0 Å². The Balaban J connectivity index is 1.45. The summed E-state index contributed by atoms with van der Waals surface area (Å²) in [5.74, 6) is -0.311. The van der Waals surface area contributed by atoms with Crippen LogP contribution in [0.4, 0.5) is 0 Å². The van der Waals surface area contributed by atoms with Crippen molar-refractivity contribution in [1.82, 2.24) is 35.3 Å². The molecular formula is C17H13N7O. The number of benzene rings is 1. The van der Waals surface area contributed by atoms with Gasteiger partial charge in [-0.1, -0.05) is 17.3 Å². The number of amides is 1. The van der Waals surface area contributed by atoms with Gasteiger partial charge in [-0.15, -0.1) is 5.10 Å². The Morgan fingerprint density at radius 2 is 1.96 bits per heavy atom. The Hall–Kier alpha value is -3.68. The number of pyridine rings is 1. The average molecular weight is 331 g/mol. The first-order valence-corrected chi connectivity index (χ1v) is 7.61. The fourth-order valence-corrected chi connectivity index (χ4v) is 2.32. The van der Waals surface area contributed by atoms with Crippen LogP contribution in [-0.4, -0.2) is 35.9 Å². The molecule has 4 aromatic rings. The van der Waals surface area contributed by atoms with Crippen LogP contribution in [0.5, 0.6) is 0 Å². The van der Waals surface area contributed by atoms with Crippen molar-refractivity contribution >= 4 is 16.9 Å². The van der Waals surface area contributed by atoms with Gasteiger partial charge in [0.25, 0.3) is 5.91 Å². The number of fused-ring (bicyclic) bond motifs is 1. The zero-order chi connectivity index (χ0) is 17.1. The molecule has 0 aliphatic heterocycles. The van der Waals surface area contributed by atoms with Crippen LogP contribution in [-0.2, 0) is 6.54 Å². The highest BCUT2D eigenvalue weighted by molar-refractivity contribution is 5.93. The van der Waals surface area contributed by atoms with Crippen LogP contribution in [0.1, 0.15) is 16.2 Å². The van der Waals surface area contributed by atoms with Gasteiger partial charge in [-0.25, -0.2) is 9.67 Å². The zero-order valence-electron chi connectivity index (χ0n) is 13.1. The van der Waals surface area contributed by atoms with Crippen LogP contribution in [0.2, 0.25) is 0 Å². The van der Waals surface area contributed by atoms with E-state index in [1.54, 1.807) is 23.3 Å². The molecule has 0 aliphatic carbocycles. The molecule has 1 N–H and O–H groups in total. The highest BCUT2D eigenvalue weighted by Crippen LogP contribution is 2.09. The number of carbonyl (C=O) groups excluding carboxylic acids is 1. The summed E-state index contributed by atoms with van der Waals surface area (Å²) in [6, 6.07) is 11.1. The third-order valence-corrected chi connectivity index (χ3v) is 3.56. The third kappa shape index (κ3) is 3.18. The Kier molecular flexibility index (Phi) is 3.83. The van der Waals surface area contributed by atoms with E-state index in [2.05, 4.69) is 30.6 Å². The monoisotopic (exact) mass is 331 g/mol. The predicted octanol–water partition coefficient (Wildman–Crippen LogP) is 1.54. The predicted molar refractivity (Wildman–Crippen MR) is 89.9 cm³/mol. The standard InChI is InChI=1S/C17H13N7O/c25-17(16-10-19-14-5-1-2-6-15(14)21-16)20-8-12-11-24(23-22-12)13-4-3-7-18-9-13/h1-7,9-11H,8H2,(H,20,25). The number of carbonyl (C=O) groups is 1. The molecular weight excluding hydrogens is 318 g/mol. The van der Waals surface area contributed by atoms with E-state index in [-0.39, 0.29) is 18.1 Å². The fraction of sp³-hybridized carbons (Fsp3) is 0.0588. The summed E-state index contributed by atoms with van der Waals surface area (Å²) in [4.78, 5) is 24.9. The van der Waals surface area contributed by atoms with Crippen molar-refractivity contribution < 1.29 is 4.79 Å². The van der Waals surface area contributed by atoms with Crippen molar-refractivity contribution in [2.75, 3.05) is 0 Å². The molecule has 25 heavy (non-hydrogen) atoms. The van der Waals surface area contributed by atoms with Crippen LogP contribution in [0.25, 0.3) is 16.7 Å². The number of nitrogens with one attached hydrogen (secondary N) is 1. The van der Waals surface area contributed by atoms with Gasteiger partial charge in [0.1, 0.15) is 11.4 Å². The fourth-order valence-electron chi connectivity index (χ4n) is 2.32. The number of rotatable bonds is 4. The van der Waals surface area contributed by atoms with Gasteiger partial charge in [-0.3, -0.25) is 14.8 Å². The molecule has 1 aromatic carbocycles. The molecule has 0 unspecified atom stereocenters. The molecule has 0 aliphatic rings. The third-order valence-electron chi connectivity index (χ3n) is 3.56. The second-order valence-corrected chi connectivity index (χ2v) is 5.29.